The van der Waals surface area contributed by atoms with Crippen molar-refractivity contribution < 1.29 is 42.8 Å². The van der Waals surface area contributed by atoms with Crippen LogP contribution >= 0.6 is 11.6 Å². The van der Waals surface area contributed by atoms with Gasteiger partial charge in [-0.1, -0.05) is 54.9 Å². The number of aryl methyl sites for hydroxylation is 2. The Hall–Kier alpha value is -4.90. The number of carbonyl (C=O) groups excluding carboxylic acids is 2. The predicted octanol–water partition coefficient (Wildman–Crippen LogP) is 11.1. The van der Waals surface area contributed by atoms with E-state index in [0.717, 1.165) is 16.7 Å². The van der Waals surface area contributed by atoms with E-state index in [4.69, 9.17) is 21.1 Å². The van der Waals surface area contributed by atoms with Crippen molar-refractivity contribution in [1.29, 1.82) is 0 Å². The molecule has 1 atom stereocenters. The topological polar surface area (TPSA) is 115 Å². The molecule has 0 bridgehead atoms. The fourth-order valence-electron chi connectivity index (χ4n) is 7.91. The van der Waals surface area contributed by atoms with E-state index in [1.807, 2.05) is 37.3 Å². The Bertz CT molecular complexity index is 2280. The minimum Gasteiger partial charge on any atom is -0.508 e. The van der Waals surface area contributed by atoms with Crippen molar-refractivity contribution in [3.05, 3.63) is 118 Å². The van der Waals surface area contributed by atoms with Crippen LogP contribution in [0, 0.1) is 0 Å². The second-order valence-corrected chi connectivity index (χ2v) is 16.7. The van der Waals surface area contributed by atoms with Gasteiger partial charge in [-0.25, -0.2) is 0 Å². The number of benzene rings is 3. The van der Waals surface area contributed by atoms with Crippen molar-refractivity contribution >= 4 is 34.3 Å². The van der Waals surface area contributed by atoms with Crippen molar-refractivity contribution in [2.45, 2.75) is 110 Å². The zero-order valence-corrected chi connectivity index (χ0v) is 34.2. The smallest absolute Gasteiger partial charge is 0.387 e. The summed E-state index contributed by atoms with van der Waals surface area (Å²) < 4.78 is 42.7. The number of ether oxygens (including phenoxy) is 3. The van der Waals surface area contributed by atoms with Crippen molar-refractivity contribution in [3.63, 3.8) is 0 Å². The summed E-state index contributed by atoms with van der Waals surface area (Å²) in [7, 11) is 0. The second-order valence-electron chi connectivity index (χ2n) is 16.3. The average Bonchev–Trinajstić information content (AvgIpc) is 3.14. The average molecular weight is 800 g/mol. The monoisotopic (exact) mass is 799 g/mol. The molecule has 0 fully saturated rings. The maximum absolute atomic E-state index is 14.7. The van der Waals surface area contributed by atoms with Gasteiger partial charge in [-0.05, 0) is 144 Å². The highest BCUT2D eigenvalue weighted by Crippen LogP contribution is 2.45. The van der Waals surface area contributed by atoms with Gasteiger partial charge in [0.1, 0.15) is 39.7 Å². The highest BCUT2D eigenvalue weighted by molar-refractivity contribution is 6.30. The summed E-state index contributed by atoms with van der Waals surface area (Å²) in [4.78, 5) is 33.1. The van der Waals surface area contributed by atoms with E-state index in [1.54, 1.807) is 85.0 Å². The van der Waals surface area contributed by atoms with Gasteiger partial charge in [0.15, 0.2) is 11.6 Å². The molecule has 0 saturated heterocycles. The summed E-state index contributed by atoms with van der Waals surface area (Å²) in [5.74, 6) is -1.11. The van der Waals surface area contributed by atoms with E-state index >= 15 is 0 Å². The van der Waals surface area contributed by atoms with Gasteiger partial charge in [-0.2, -0.15) is 8.78 Å². The number of Topliss-reactive ketones (excluding diaryl/α,β-unsaturated/α-hetero) is 2. The molecule has 3 aromatic carbocycles. The molecule has 0 radical (unpaired) electrons. The summed E-state index contributed by atoms with van der Waals surface area (Å²) in [6.45, 7) is 11.0. The van der Waals surface area contributed by atoms with Crippen LogP contribution in [-0.2, 0) is 31.9 Å². The number of pyridine rings is 1. The third-order valence-electron chi connectivity index (χ3n) is 10.8. The Kier molecular flexibility index (Phi) is 11.3. The van der Waals surface area contributed by atoms with Crippen LogP contribution in [0.2, 0.25) is 5.02 Å². The molecular weight excluding hydrogens is 752 g/mol. The Balaban J connectivity index is 1.36. The van der Waals surface area contributed by atoms with Crippen molar-refractivity contribution in [2.75, 3.05) is 0 Å². The normalized spacial score (nSPS) is 20.4. The summed E-state index contributed by atoms with van der Waals surface area (Å²) in [5.41, 5.74) is 0.846. The van der Waals surface area contributed by atoms with Gasteiger partial charge in [-0.3, -0.25) is 14.6 Å². The Labute approximate surface area is 337 Å². The molecule has 300 valence electrons. The number of alkyl halides is 2. The van der Waals surface area contributed by atoms with Crippen LogP contribution < -0.4 is 4.74 Å². The maximum Gasteiger partial charge on any atom is 0.387 e. The zero-order valence-electron chi connectivity index (χ0n) is 33.4. The molecular formula is C46H48ClF2NO7. The van der Waals surface area contributed by atoms with Crippen molar-refractivity contribution in [2.24, 2.45) is 0 Å². The third kappa shape index (κ3) is 8.26. The molecule has 8 nitrogen and oxygen atoms in total. The number of rotatable bonds is 11. The van der Waals surface area contributed by atoms with Crippen molar-refractivity contribution in [3.8, 4) is 28.1 Å². The first-order valence-electron chi connectivity index (χ1n) is 19.0. The summed E-state index contributed by atoms with van der Waals surface area (Å²) >= 11 is 6.10. The van der Waals surface area contributed by atoms with Crippen molar-refractivity contribution in [1.82, 2.24) is 4.98 Å². The van der Waals surface area contributed by atoms with Crippen LogP contribution in [0.25, 0.3) is 33.5 Å². The number of hydrogen-bond acceptors (Lipinski definition) is 8. The van der Waals surface area contributed by atoms with Gasteiger partial charge >= 0.3 is 6.61 Å². The zero-order chi connectivity index (χ0) is 41.7. The highest BCUT2D eigenvalue weighted by Gasteiger charge is 2.50. The van der Waals surface area contributed by atoms with E-state index in [0.29, 0.717) is 52.2 Å². The van der Waals surface area contributed by atoms with Gasteiger partial charge < -0.3 is 24.4 Å². The standard InChI is InChI=1S/C46H48ClF2NO7/c1-9-26-12-15-30(35-21-18-31(47)25-50-35)24-33(26)37-40(53)45(6,7)57-46(8,41(37)54)22-10-11-28-13-14-29(27-16-19-32(20-17-27)55-42(48)49)23-34(28)36-38(51)43(2,3)56-44(4,5)39(36)52/h12-21,23-25,42,51,53H,9-11,22H2,1-8H3. The number of carbonyl (C=O) groups is 2. The third-order valence-corrected chi connectivity index (χ3v) is 11.0. The Morgan fingerprint density at radius 1 is 0.719 bits per heavy atom. The molecule has 2 N–H and O–H groups in total. The first kappa shape index (κ1) is 41.7. The molecule has 6 rings (SSSR count). The van der Waals surface area contributed by atoms with Crippen LogP contribution in [0.4, 0.5) is 8.78 Å². The van der Waals surface area contributed by atoms with Gasteiger partial charge in [-0.15, -0.1) is 0 Å². The quantitative estimate of drug-likeness (QED) is 0.154. The van der Waals surface area contributed by atoms with Gasteiger partial charge in [0, 0.05) is 11.8 Å². The molecule has 1 aromatic heterocycles. The highest BCUT2D eigenvalue weighted by atomic mass is 35.5. The number of ketones is 2. The van der Waals surface area contributed by atoms with Crippen LogP contribution in [0.3, 0.4) is 0 Å². The lowest BCUT2D eigenvalue weighted by Crippen LogP contribution is -2.51. The Morgan fingerprint density at radius 3 is 1.89 bits per heavy atom. The summed E-state index contributed by atoms with van der Waals surface area (Å²) in [6.07, 6.45) is 3.25. The predicted molar refractivity (Wildman–Crippen MR) is 217 cm³/mol. The largest absolute Gasteiger partial charge is 0.508 e. The summed E-state index contributed by atoms with van der Waals surface area (Å²) in [5, 5.41) is 23.7. The molecule has 0 spiro atoms. The van der Waals surface area contributed by atoms with Gasteiger partial charge in [0.2, 0.25) is 0 Å². The number of halogens is 3. The van der Waals surface area contributed by atoms with E-state index in [2.05, 4.69) is 9.72 Å². The van der Waals surface area contributed by atoms with Gasteiger partial charge in [0.05, 0.1) is 21.9 Å². The molecule has 3 heterocycles. The van der Waals surface area contributed by atoms with E-state index in [1.165, 1.54) is 12.1 Å². The number of nitrogens with zero attached hydrogens (tertiary/aromatic N) is 1. The van der Waals surface area contributed by atoms with E-state index in [9.17, 15) is 28.6 Å². The lowest BCUT2D eigenvalue weighted by Gasteiger charge is -2.43. The molecule has 2 aliphatic heterocycles. The molecule has 57 heavy (non-hydrogen) atoms. The molecule has 11 heteroatoms. The molecule has 0 saturated carbocycles. The lowest BCUT2D eigenvalue weighted by atomic mass is 9.77. The number of aliphatic hydroxyl groups excluding tert-OH is 2. The number of hydrogen-bond donors (Lipinski definition) is 2. The molecule has 2 aliphatic rings. The molecule has 0 aliphatic carbocycles. The first-order chi connectivity index (χ1) is 26.7. The second kappa shape index (κ2) is 15.5. The van der Waals surface area contributed by atoms with Gasteiger partial charge in [0.25, 0.3) is 0 Å². The minimum atomic E-state index is -2.96. The van der Waals surface area contributed by atoms with Crippen LogP contribution in [0.5, 0.6) is 5.75 Å². The fourth-order valence-corrected chi connectivity index (χ4v) is 8.02. The van der Waals surface area contributed by atoms with E-state index in [-0.39, 0.29) is 40.6 Å². The lowest BCUT2D eigenvalue weighted by molar-refractivity contribution is -0.164. The van der Waals surface area contributed by atoms with Crippen LogP contribution in [0.15, 0.2) is 90.5 Å². The molecule has 1 unspecified atom stereocenters. The number of aromatic nitrogens is 1. The summed E-state index contributed by atoms with van der Waals surface area (Å²) in [6, 6.07) is 21.0. The first-order valence-corrected chi connectivity index (χ1v) is 19.4. The molecule has 0 amide bonds. The van der Waals surface area contributed by atoms with Crippen LogP contribution in [-0.4, -0.2) is 55.8 Å². The Morgan fingerprint density at radius 2 is 1.28 bits per heavy atom. The minimum absolute atomic E-state index is 0.00807. The van der Waals surface area contributed by atoms with Crippen LogP contribution in [0.1, 0.15) is 90.5 Å². The SMILES string of the molecule is CCc1ccc(-c2ccc(Cl)cn2)cc1C1=C(O)C(C)(C)OC(C)(CCCc2ccc(-c3ccc(OC(F)F)cc3)cc2C2=C(O)C(C)(C)OC(C)(C)C2=O)C1=O. The number of aliphatic hydroxyl groups is 2. The molecule has 4 aromatic rings. The maximum atomic E-state index is 14.7. The van der Waals surface area contributed by atoms with E-state index < -0.39 is 34.8 Å². The fraction of sp³-hybridized carbons (Fsp3) is 0.370.